The second kappa shape index (κ2) is 3.87. The summed E-state index contributed by atoms with van der Waals surface area (Å²) in [5.41, 5.74) is 0. The zero-order valence-corrected chi connectivity index (χ0v) is 8.72. The Kier molecular flexibility index (Phi) is 2.74. The van der Waals surface area contributed by atoms with Crippen LogP contribution in [-0.2, 0) is 0 Å². The van der Waals surface area contributed by atoms with Crippen LogP contribution in [0.5, 0.6) is 0 Å². The summed E-state index contributed by atoms with van der Waals surface area (Å²) in [6.45, 7) is 2.08. The molecule has 2 heterocycles. The van der Waals surface area contributed by atoms with E-state index in [1.165, 1.54) is 12.8 Å². The van der Waals surface area contributed by atoms with Crippen molar-refractivity contribution in [1.82, 2.24) is 15.5 Å². The van der Waals surface area contributed by atoms with Gasteiger partial charge < -0.3 is 9.84 Å². The number of aromatic nitrogens is 2. The van der Waals surface area contributed by atoms with Crippen LogP contribution >= 0.6 is 12.4 Å². The van der Waals surface area contributed by atoms with Gasteiger partial charge in [-0.2, -0.15) is 4.98 Å². The lowest BCUT2D eigenvalue weighted by atomic mass is 10.1. The van der Waals surface area contributed by atoms with Crippen molar-refractivity contribution in [1.29, 1.82) is 0 Å². The molecule has 0 radical (unpaired) electrons. The lowest BCUT2D eigenvalue weighted by molar-refractivity contribution is 0.371. The van der Waals surface area contributed by atoms with Crippen molar-refractivity contribution in [2.24, 2.45) is 0 Å². The number of hydrogen-bond donors (Lipinski definition) is 1. The Morgan fingerprint density at radius 1 is 1.21 bits per heavy atom. The van der Waals surface area contributed by atoms with E-state index in [0.29, 0.717) is 11.8 Å². The summed E-state index contributed by atoms with van der Waals surface area (Å²) in [5.74, 6) is 2.83. The van der Waals surface area contributed by atoms with Crippen LogP contribution in [0.15, 0.2) is 4.52 Å². The van der Waals surface area contributed by atoms with Crippen molar-refractivity contribution in [2.45, 2.75) is 31.1 Å². The molecule has 1 saturated carbocycles. The summed E-state index contributed by atoms with van der Waals surface area (Å²) in [4.78, 5) is 4.44. The monoisotopic (exact) mass is 215 g/mol. The Hall–Kier alpha value is -0.610. The SMILES string of the molecule is C1CC(c2noc(C3CC3)n2)CN1.Cl. The molecule has 2 fully saturated rings. The summed E-state index contributed by atoms with van der Waals surface area (Å²) in [7, 11) is 0. The molecular formula is C9H14ClN3O. The zero-order chi connectivity index (χ0) is 8.67. The molecule has 14 heavy (non-hydrogen) atoms. The number of rotatable bonds is 2. The fourth-order valence-electron chi connectivity index (χ4n) is 1.78. The maximum Gasteiger partial charge on any atom is 0.229 e. The van der Waals surface area contributed by atoms with E-state index in [1.807, 2.05) is 0 Å². The molecule has 5 heteroatoms. The highest BCUT2D eigenvalue weighted by molar-refractivity contribution is 5.85. The molecule has 1 saturated heterocycles. The molecule has 1 atom stereocenters. The van der Waals surface area contributed by atoms with Gasteiger partial charge in [0.2, 0.25) is 5.89 Å². The topological polar surface area (TPSA) is 51.0 Å². The van der Waals surface area contributed by atoms with Crippen molar-refractivity contribution < 1.29 is 4.52 Å². The van der Waals surface area contributed by atoms with Gasteiger partial charge in [-0.3, -0.25) is 0 Å². The number of halogens is 1. The summed E-state index contributed by atoms with van der Waals surface area (Å²) >= 11 is 0. The van der Waals surface area contributed by atoms with E-state index < -0.39 is 0 Å². The van der Waals surface area contributed by atoms with E-state index in [1.54, 1.807) is 0 Å². The fourth-order valence-corrected chi connectivity index (χ4v) is 1.78. The minimum Gasteiger partial charge on any atom is -0.339 e. The van der Waals surface area contributed by atoms with Crippen LogP contribution in [0, 0.1) is 0 Å². The first-order valence-electron chi connectivity index (χ1n) is 4.97. The Labute approximate surface area is 88.9 Å². The summed E-state index contributed by atoms with van der Waals surface area (Å²) in [6.07, 6.45) is 3.60. The normalized spacial score (nSPS) is 26.1. The second-order valence-corrected chi connectivity index (χ2v) is 3.95. The largest absolute Gasteiger partial charge is 0.339 e. The van der Waals surface area contributed by atoms with E-state index in [-0.39, 0.29) is 12.4 Å². The molecule has 0 bridgehead atoms. The van der Waals surface area contributed by atoms with Crippen LogP contribution in [0.1, 0.15) is 42.8 Å². The molecule has 1 aromatic rings. The molecular weight excluding hydrogens is 202 g/mol. The Morgan fingerprint density at radius 3 is 2.71 bits per heavy atom. The maximum atomic E-state index is 5.21. The molecule has 0 amide bonds. The highest BCUT2D eigenvalue weighted by Crippen LogP contribution is 2.39. The van der Waals surface area contributed by atoms with Gasteiger partial charge in [-0.15, -0.1) is 12.4 Å². The van der Waals surface area contributed by atoms with Crippen molar-refractivity contribution in [3.05, 3.63) is 11.7 Å². The Bertz CT molecular complexity index is 305. The molecule has 1 unspecified atom stereocenters. The Morgan fingerprint density at radius 2 is 2.07 bits per heavy atom. The quantitative estimate of drug-likeness (QED) is 0.811. The molecule has 1 N–H and O–H groups in total. The fraction of sp³-hybridized carbons (Fsp3) is 0.778. The van der Waals surface area contributed by atoms with E-state index in [2.05, 4.69) is 15.5 Å². The van der Waals surface area contributed by atoms with Crippen molar-refractivity contribution >= 4 is 12.4 Å². The molecule has 3 rings (SSSR count). The average Bonchev–Trinajstić information content (AvgIpc) is 2.72. The summed E-state index contributed by atoms with van der Waals surface area (Å²) < 4.78 is 5.21. The molecule has 0 aromatic carbocycles. The smallest absolute Gasteiger partial charge is 0.229 e. The first-order valence-corrected chi connectivity index (χ1v) is 4.97. The van der Waals surface area contributed by atoms with Crippen molar-refractivity contribution in [3.8, 4) is 0 Å². The highest BCUT2D eigenvalue weighted by Gasteiger charge is 2.31. The number of nitrogens with one attached hydrogen (secondary N) is 1. The third-order valence-electron chi connectivity index (χ3n) is 2.81. The van der Waals surface area contributed by atoms with Gasteiger partial charge in [0.25, 0.3) is 0 Å². The van der Waals surface area contributed by atoms with Crippen LogP contribution in [-0.4, -0.2) is 23.2 Å². The van der Waals surface area contributed by atoms with Gasteiger partial charge in [-0.1, -0.05) is 5.16 Å². The lowest BCUT2D eigenvalue weighted by Gasteiger charge is -1.98. The van der Waals surface area contributed by atoms with Crippen LogP contribution in [0.4, 0.5) is 0 Å². The minimum absolute atomic E-state index is 0. The minimum atomic E-state index is 0. The summed E-state index contributed by atoms with van der Waals surface area (Å²) in [5, 5.41) is 7.34. The van der Waals surface area contributed by atoms with Gasteiger partial charge in [0.15, 0.2) is 5.82 Å². The molecule has 0 spiro atoms. The third kappa shape index (κ3) is 1.77. The Balaban J connectivity index is 0.000000750. The van der Waals surface area contributed by atoms with Crippen molar-refractivity contribution in [2.75, 3.05) is 13.1 Å². The zero-order valence-electron chi connectivity index (χ0n) is 7.90. The average molecular weight is 216 g/mol. The summed E-state index contributed by atoms with van der Waals surface area (Å²) in [6, 6.07) is 0. The van der Waals surface area contributed by atoms with Crippen LogP contribution in [0.25, 0.3) is 0 Å². The number of nitrogens with zero attached hydrogens (tertiary/aromatic N) is 2. The van der Waals surface area contributed by atoms with E-state index in [9.17, 15) is 0 Å². The van der Waals surface area contributed by atoms with Gasteiger partial charge >= 0.3 is 0 Å². The predicted octanol–water partition coefficient (Wildman–Crippen LogP) is 1.45. The molecule has 1 aliphatic heterocycles. The van der Waals surface area contributed by atoms with Crippen LogP contribution in [0.2, 0.25) is 0 Å². The van der Waals surface area contributed by atoms with Crippen LogP contribution in [0.3, 0.4) is 0 Å². The van der Waals surface area contributed by atoms with Gasteiger partial charge in [0.1, 0.15) is 0 Å². The predicted molar refractivity (Wildman–Crippen MR) is 53.7 cm³/mol. The molecule has 1 aromatic heterocycles. The standard InChI is InChI=1S/C9H13N3O.ClH/c1-2-6(1)9-11-8(12-13-9)7-3-4-10-5-7;/h6-7,10H,1-5H2;1H. The second-order valence-electron chi connectivity index (χ2n) is 3.95. The third-order valence-corrected chi connectivity index (χ3v) is 2.81. The first-order chi connectivity index (χ1) is 6.43. The van der Waals surface area contributed by atoms with E-state index in [0.717, 1.165) is 31.2 Å². The first kappa shape index (κ1) is 9.93. The highest BCUT2D eigenvalue weighted by atomic mass is 35.5. The van der Waals surface area contributed by atoms with Gasteiger partial charge in [0, 0.05) is 18.4 Å². The van der Waals surface area contributed by atoms with Gasteiger partial charge in [0.05, 0.1) is 0 Å². The van der Waals surface area contributed by atoms with E-state index >= 15 is 0 Å². The number of hydrogen-bond acceptors (Lipinski definition) is 4. The molecule has 2 aliphatic rings. The van der Waals surface area contributed by atoms with Crippen molar-refractivity contribution in [3.63, 3.8) is 0 Å². The molecule has 78 valence electrons. The lowest BCUT2D eigenvalue weighted by Crippen LogP contribution is -2.08. The van der Waals surface area contributed by atoms with Gasteiger partial charge in [-0.05, 0) is 25.8 Å². The molecule has 1 aliphatic carbocycles. The van der Waals surface area contributed by atoms with Gasteiger partial charge in [-0.25, -0.2) is 0 Å². The van der Waals surface area contributed by atoms with Crippen LogP contribution < -0.4 is 5.32 Å². The molecule has 4 nitrogen and oxygen atoms in total. The maximum absolute atomic E-state index is 5.21. The van der Waals surface area contributed by atoms with E-state index in [4.69, 9.17) is 4.52 Å².